The van der Waals surface area contributed by atoms with E-state index in [4.69, 9.17) is 4.52 Å². The van der Waals surface area contributed by atoms with Crippen molar-refractivity contribution in [3.8, 4) is 0 Å². The zero-order valence-corrected chi connectivity index (χ0v) is 14.1. The first-order valence-corrected chi connectivity index (χ1v) is 9.04. The normalized spacial score (nSPS) is 15.8. The number of hydrogen-bond acceptors (Lipinski definition) is 4. The Morgan fingerprint density at radius 1 is 1.33 bits per heavy atom. The number of H-pyrrole nitrogens is 1. The molecule has 8 heteroatoms. The number of aryl methyl sites for hydroxylation is 2. The number of rotatable bonds is 2. The second kappa shape index (κ2) is 5.15. The largest absolute Gasteiger partial charge is 0.360 e. The van der Waals surface area contributed by atoms with Crippen molar-refractivity contribution in [2.75, 3.05) is 6.54 Å². The van der Waals surface area contributed by atoms with Crippen molar-refractivity contribution < 1.29 is 17.3 Å². The second-order valence-electron chi connectivity index (χ2n) is 6.01. The molecule has 0 unspecified atom stereocenters. The van der Waals surface area contributed by atoms with Gasteiger partial charge in [-0.3, -0.25) is 0 Å². The Hall–Kier alpha value is -2.19. The van der Waals surface area contributed by atoms with Gasteiger partial charge in [0.05, 0.1) is 0 Å². The lowest BCUT2D eigenvalue weighted by atomic mass is 10.1. The molecule has 4 rings (SSSR count). The van der Waals surface area contributed by atoms with Gasteiger partial charge in [0.15, 0.2) is 5.76 Å². The monoisotopic (exact) mass is 349 g/mol. The van der Waals surface area contributed by atoms with Crippen LogP contribution in [0.3, 0.4) is 0 Å². The van der Waals surface area contributed by atoms with Gasteiger partial charge < -0.3 is 9.51 Å². The highest BCUT2D eigenvalue weighted by Crippen LogP contribution is 2.32. The van der Waals surface area contributed by atoms with Crippen molar-refractivity contribution in [1.82, 2.24) is 14.4 Å². The van der Waals surface area contributed by atoms with Crippen LogP contribution in [0.4, 0.5) is 4.39 Å². The first kappa shape index (κ1) is 15.3. The fourth-order valence-electron chi connectivity index (χ4n) is 3.34. The summed E-state index contributed by atoms with van der Waals surface area (Å²) >= 11 is 0. The predicted molar refractivity (Wildman–Crippen MR) is 85.5 cm³/mol. The maximum absolute atomic E-state index is 13.6. The maximum atomic E-state index is 13.6. The smallest absolute Gasteiger partial charge is 0.248 e. The third kappa shape index (κ3) is 2.17. The predicted octanol–water partition coefficient (Wildman–Crippen LogP) is 2.66. The molecule has 126 valence electrons. The zero-order chi connectivity index (χ0) is 17.1. The van der Waals surface area contributed by atoms with Crippen LogP contribution in [-0.4, -0.2) is 29.4 Å². The van der Waals surface area contributed by atoms with Crippen molar-refractivity contribution >= 4 is 20.9 Å². The van der Waals surface area contributed by atoms with Gasteiger partial charge in [0.2, 0.25) is 10.0 Å². The van der Waals surface area contributed by atoms with Crippen LogP contribution in [0, 0.1) is 19.7 Å². The van der Waals surface area contributed by atoms with Crippen LogP contribution in [0.5, 0.6) is 0 Å². The summed E-state index contributed by atoms with van der Waals surface area (Å²) in [7, 11) is -3.71. The molecule has 2 aromatic heterocycles. The van der Waals surface area contributed by atoms with Crippen LogP contribution in [0.1, 0.15) is 22.7 Å². The van der Waals surface area contributed by atoms with E-state index in [-0.39, 0.29) is 23.0 Å². The zero-order valence-electron chi connectivity index (χ0n) is 13.3. The fraction of sp³-hybridized carbons (Fsp3) is 0.312. The van der Waals surface area contributed by atoms with Crippen LogP contribution in [0.15, 0.2) is 27.6 Å². The van der Waals surface area contributed by atoms with E-state index in [0.717, 1.165) is 22.2 Å². The molecule has 0 saturated heterocycles. The molecule has 1 N–H and O–H groups in total. The van der Waals surface area contributed by atoms with Gasteiger partial charge >= 0.3 is 0 Å². The molecular formula is C16H16FN3O3S. The number of nitrogens with one attached hydrogen (secondary N) is 1. The first-order valence-electron chi connectivity index (χ1n) is 7.60. The first-order chi connectivity index (χ1) is 11.4. The highest BCUT2D eigenvalue weighted by atomic mass is 32.2. The van der Waals surface area contributed by atoms with Crippen LogP contribution >= 0.6 is 0 Å². The number of halogens is 1. The molecule has 1 aliphatic rings. The minimum absolute atomic E-state index is 0.122. The fourth-order valence-corrected chi connectivity index (χ4v) is 5.04. The third-order valence-corrected chi connectivity index (χ3v) is 6.56. The van der Waals surface area contributed by atoms with E-state index in [9.17, 15) is 12.8 Å². The summed E-state index contributed by atoms with van der Waals surface area (Å²) in [5.41, 5.74) is 2.95. The Morgan fingerprint density at radius 2 is 2.12 bits per heavy atom. The summed E-state index contributed by atoms with van der Waals surface area (Å²) in [6, 6.07) is 4.51. The summed E-state index contributed by atoms with van der Waals surface area (Å²) in [6.45, 7) is 3.75. The lowest BCUT2D eigenvalue weighted by molar-refractivity contribution is 0.381. The number of aromatic nitrogens is 2. The van der Waals surface area contributed by atoms with Crippen molar-refractivity contribution in [2.24, 2.45) is 0 Å². The van der Waals surface area contributed by atoms with Gasteiger partial charge in [-0.1, -0.05) is 5.16 Å². The Balaban J connectivity index is 1.79. The van der Waals surface area contributed by atoms with Crippen LogP contribution in [0.25, 0.3) is 10.9 Å². The molecular weight excluding hydrogens is 333 g/mol. The second-order valence-corrected chi connectivity index (χ2v) is 7.89. The van der Waals surface area contributed by atoms with Gasteiger partial charge in [-0.05, 0) is 37.6 Å². The minimum atomic E-state index is -3.71. The molecule has 0 radical (unpaired) electrons. The number of nitrogens with zero attached hydrogens (tertiary/aromatic N) is 2. The molecule has 6 nitrogen and oxygen atoms in total. The molecule has 0 fully saturated rings. The Kier molecular flexibility index (Phi) is 3.29. The van der Waals surface area contributed by atoms with Crippen molar-refractivity contribution in [3.05, 3.63) is 46.7 Å². The van der Waals surface area contributed by atoms with E-state index >= 15 is 0 Å². The van der Waals surface area contributed by atoms with Crippen molar-refractivity contribution in [2.45, 2.75) is 31.7 Å². The SMILES string of the molecule is Cc1noc(C)c1S(=O)(=O)N1CCc2[nH]c3ccc(F)cc3c2C1. The van der Waals surface area contributed by atoms with E-state index in [1.54, 1.807) is 19.9 Å². The molecule has 0 atom stereocenters. The average Bonchev–Trinajstić information content (AvgIpc) is 3.06. The molecule has 0 aliphatic carbocycles. The molecule has 24 heavy (non-hydrogen) atoms. The molecule has 0 spiro atoms. The van der Waals surface area contributed by atoms with Gasteiger partial charge in [-0.15, -0.1) is 0 Å². The Labute approximate surface area is 138 Å². The summed E-state index contributed by atoms with van der Waals surface area (Å²) in [4.78, 5) is 3.38. The maximum Gasteiger partial charge on any atom is 0.248 e. The summed E-state index contributed by atoms with van der Waals surface area (Å²) in [6.07, 6.45) is 0.550. The molecule has 3 aromatic rings. The number of hydrogen-bond donors (Lipinski definition) is 1. The number of benzene rings is 1. The summed E-state index contributed by atoms with van der Waals surface area (Å²) in [5, 5.41) is 4.46. The molecule has 1 aromatic carbocycles. The number of fused-ring (bicyclic) bond motifs is 3. The molecule has 0 bridgehead atoms. The van der Waals surface area contributed by atoms with Gasteiger partial charge in [-0.2, -0.15) is 4.31 Å². The molecule has 0 amide bonds. The molecule has 1 aliphatic heterocycles. The van der Waals surface area contributed by atoms with Crippen LogP contribution in [0.2, 0.25) is 0 Å². The standard InChI is InChI=1S/C16H16FN3O3S/c1-9-16(10(2)23-19-9)24(21,22)20-6-5-15-13(8-20)12-7-11(17)3-4-14(12)18-15/h3-4,7,18H,5-6,8H2,1-2H3. The van der Waals surface area contributed by atoms with Gasteiger partial charge in [-0.25, -0.2) is 12.8 Å². The van der Waals surface area contributed by atoms with E-state index in [2.05, 4.69) is 10.1 Å². The quantitative estimate of drug-likeness (QED) is 0.771. The van der Waals surface area contributed by atoms with E-state index in [1.807, 2.05) is 0 Å². The van der Waals surface area contributed by atoms with Crippen molar-refractivity contribution in [3.63, 3.8) is 0 Å². The summed E-state index contributed by atoms with van der Waals surface area (Å²) < 4.78 is 45.9. The number of aromatic amines is 1. The Bertz CT molecular complexity index is 1030. The minimum Gasteiger partial charge on any atom is -0.360 e. The highest BCUT2D eigenvalue weighted by molar-refractivity contribution is 7.89. The van der Waals surface area contributed by atoms with Crippen LogP contribution in [-0.2, 0) is 23.0 Å². The third-order valence-electron chi connectivity index (χ3n) is 4.47. The van der Waals surface area contributed by atoms with Gasteiger partial charge in [0.25, 0.3) is 0 Å². The average molecular weight is 349 g/mol. The van der Waals surface area contributed by atoms with Gasteiger partial charge in [0.1, 0.15) is 16.4 Å². The van der Waals surface area contributed by atoms with Gasteiger partial charge in [0, 0.05) is 36.1 Å². The topological polar surface area (TPSA) is 79.2 Å². The highest BCUT2D eigenvalue weighted by Gasteiger charge is 2.34. The van der Waals surface area contributed by atoms with E-state index in [1.165, 1.54) is 16.4 Å². The molecule has 0 saturated carbocycles. The van der Waals surface area contributed by atoms with E-state index < -0.39 is 10.0 Å². The summed E-state index contributed by atoms with van der Waals surface area (Å²) in [5.74, 6) is -0.0572. The molecule has 3 heterocycles. The van der Waals surface area contributed by atoms with E-state index in [0.29, 0.717) is 18.7 Å². The number of sulfonamides is 1. The lowest BCUT2D eigenvalue weighted by Gasteiger charge is -2.26. The van der Waals surface area contributed by atoms with Crippen LogP contribution < -0.4 is 0 Å². The van der Waals surface area contributed by atoms with Crippen molar-refractivity contribution in [1.29, 1.82) is 0 Å². The Morgan fingerprint density at radius 3 is 2.83 bits per heavy atom. The lowest BCUT2D eigenvalue weighted by Crippen LogP contribution is -2.36.